The number of thiocarbonyl (C=S) groups is 1. The van der Waals surface area contributed by atoms with Crippen molar-refractivity contribution in [1.82, 2.24) is 4.90 Å². The molecule has 24 heavy (non-hydrogen) atoms. The van der Waals surface area contributed by atoms with E-state index in [4.69, 9.17) is 21.9 Å². The van der Waals surface area contributed by atoms with E-state index in [9.17, 15) is 0 Å². The second kappa shape index (κ2) is 8.04. The second-order valence-electron chi connectivity index (χ2n) is 5.70. The summed E-state index contributed by atoms with van der Waals surface area (Å²) in [6.07, 6.45) is 0. The van der Waals surface area contributed by atoms with Gasteiger partial charge in [-0.15, -0.1) is 0 Å². The highest BCUT2D eigenvalue weighted by Gasteiger charge is 2.14. The monoisotopic (exact) mass is 339 g/mol. The molecule has 0 amide bonds. The minimum absolute atomic E-state index is 0.594. The molecule has 0 aromatic heterocycles. The van der Waals surface area contributed by atoms with Gasteiger partial charge in [0.15, 0.2) is 5.11 Å². The van der Waals surface area contributed by atoms with Crippen molar-refractivity contribution in [3.05, 3.63) is 65.7 Å². The molecule has 3 rings (SSSR count). The van der Waals surface area contributed by atoms with Gasteiger partial charge in [0, 0.05) is 24.3 Å². The molecule has 0 unspecified atom stereocenters. The van der Waals surface area contributed by atoms with Crippen LogP contribution in [0.2, 0.25) is 0 Å². The number of nitrogens with zero attached hydrogens (tertiary/aromatic N) is 2. The Kier molecular flexibility index (Phi) is 5.56. The molecule has 2 aromatic carbocycles. The molecule has 0 atom stereocenters. The minimum Gasteiger partial charge on any atom is -0.378 e. The molecule has 0 spiro atoms. The van der Waals surface area contributed by atoms with Crippen LogP contribution in [0.15, 0.2) is 59.6 Å². The molecule has 1 saturated heterocycles. The summed E-state index contributed by atoms with van der Waals surface area (Å²) in [5, 5.41) is 3.99. The van der Waals surface area contributed by atoms with E-state index < -0.39 is 0 Å². The first-order valence-electron chi connectivity index (χ1n) is 8.07. The number of rotatable bonds is 2. The summed E-state index contributed by atoms with van der Waals surface area (Å²) in [5.41, 5.74) is 3.23. The second-order valence-corrected chi connectivity index (χ2v) is 6.06. The number of nitrogens with one attached hydrogen (secondary N) is 1. The molecular weight excluding hydrogens is 318 g/mol. The highest BCUT2D eigenvalue weighted by Crippen LogP contribution is 2.12. The van der Waals surface area contributed by atoms with Crippen LogP contribution in [0.25, 0.3) is 0 Å². The first-order chi connectivity index (χ1) is 11.7. The molecule has 4 nitrogen and oxygen atoms in total. The van der Waals surface area contributed by atoms with Gasteiger partial charge in [0.25, 0.3) is 0 Å². The molecule has 1 heterocycles. The third kappa shape index (κ3) is 4.40. The number of hydrogen-bond acceptors (Lipinski definition) is 2. The number of amidine groups is 1. The smallest absolute Gasteiger partial charge is 0.197 e. The Labute approximate surface area is 148 Å². The van der Waals surface area contributed by atoms with E-state index in [1.165, 1.54) is 5.56 Å². The Morgan fingerprint density at radius 2 is 1.71 bits per heavy atom. The zero-order valence-electron chi connectivity index (χ0n) is 13.7. The number of aryl methyl sites for hydroxylation is 1. The minimum atomic E-state index is 0.594. The van der Waals surface area contributed by atoms with Gasteiger partial charge in [0.05, 0.1) is 13.2 Å². The highest BCUT2D eigenvalue weighted by atomic mass is 32.1. The zero-order valence-corrected chi connectivity index (χ0v) is 14.6. The van der Waals surface area contributed by atoms with Gasteiger partial charge in [-0.2, -0.15) is 0 Å². The molecule has 0 bridgehead atoms. The summed E-state index contributed by atoms with van der Waals surface area (Å²) >= 11 is 5.53. The Bertz CT molecular complexity index is 707. The maximum Gasteiger partial charge on any atom is 0.197 e. The van der Waals surface area contributed by atoms with Crippen molar-refractivity contribution in [2.75, 3.05) is 31.6 Å². The third-order valence-corrected chi connectivity index (χ3v) is 4.20. The van der Waals surface area contributed by atoms with Crippen LogP contribution in [0.1, 0.15) is 11.1 Å². The first-order valence-corrected chi connectivity index (χ1v) is 8.48. The molecule has 2 aromatic rings. The van der Waals surface area contributed by atoms with Gasteiger partial charge in [-0.05, 0) is 31.3 Å². The lowest BCUT2D eigenvalue weighted by Crippen LogP contribution is -2.39. The molecule has 0 radical (unpaired) electrons. The summed E-state index contributed by atoms with van der Waals surface area (Å²) in [5.74, 6) is 0.760. The molecule has 1 aliphatic rings. The summed E-state index contributed by atoms with van der Waals surface area (Å²) in [4.78, 5) is 6.78. The van der Waals surface area contributed by atoms with Crippen LogP contribution in [0, 0.1) is 6.92 Å². The lowest BCUT2D eigenvalue weighted by atomic mass is 10.2. The maximum atomic E-state index is 5.53. The van der Waals surface area contributed by atoms with Crippen molar-refractivity contribution in [2.24, 2.45) is 4.99 Å². The first kappa shape index (κ1) is 16.6. The molecule has 1 N–H and O–H groups in total. The summed E-state index contributed by atoms with van der Waals surface area (Å²) in [6, 6.07) is 18.3. The summed E-state index contributed by atoms with van der Waals surface area (Å²) in [7, 11) is 0. The number of hydrogen-bond donors (Lipinski definition) is 1. The van der Waals surface area contributed by atoms with E-state index in [-0.39, 0.29) is 0 Å². The Balaban J connectivity index is 1.85. The summed E-state index contributed by atoms with van der Waals surface area (Å²) in [6.45, 7) is 5.04. The molecule has 1 aliphatic heterocycles. The van der Waals surface area contributed by atoms with E-state index >= 15 is 0 Å². The molecule has 1 fully saturated rings. The topological polar surface area (TPSA) is 36.9 Å². The predicted molar refractivity (Wildman–Crippen MR) is 103 cm³/mol. The summed E-state index contributed by atoms with van der Waals surface area (Å²) < 4.78 is 5.38. The van der Waals surface area contributed by atoms with Gasteiger partial charge in [-0.25, -0.2) is 4.99 Å². The van der Waals surface area contributed by atoms with Gasteiger partial charge in [0.1, 0.15) is 5.84 Å². The average molecular weight is 339 g/mol. The van der Waals surface area contributed by atoms with E-state index in [2.05, 4.69) is 29.3 Å². The van der Waals surface area contributed by atoms with Crippen molar-refractivity contribution < 1.29 is 4.74 Å². The normalized spacial score (nSPS) is 15.2. The van der Waals surface area contributed by atoms with Crippen LogP contribution in [-0.4, -0.2) is 42.2 Å². The van der Waals surface area contributed by atoms with Crippen LogP contribution < -0.4 is 5.32 Å². The van der Waals surface area contributed by atoms with Gasteiger partial charge in [-0.1, -0.05) is 48.0 Å². The van der Waals surface area contributed by atoms with Crippen molar-refractivity contribution in [1.29, 1.82) is 0 Å². The fraction of sp³-hybridized carbons (Fsp3) is 0.263. The van der Waals surface area contributed by atoms with Crippen LogP contribution >= 0.6 is 12.2 Å². The number of aliphatic imine (C=N–C) groups is 1. The molecule has 5 heteroatoms. The zero-order chi connectivity index (χ0) is 16.8. The van der Waals surface area contributed by atoms with E-state index in [1.807, 2.05) is 42.5 Å². The molecule has 0 saturated carbocycles. The SMILES string of the molecule is Cc1ccc(N/C(=N\C(=S)N2CCOCC2)c2ccccc2)cc1. The van der Waals surface area contributed by atoms with E-state index in [0.29, 0.717) is 18.3 Å². The molecular formula is C19H21N3OS. The number of anilines is 1. The van der Waals surface area contributed by atoms with Crippen LogP contribution in [0.3, 0.4) is 0 Å². The Morgan fingerprint density at radius 3 is 2.38 bits per heavy atom. The van der Waals surface area contributed by atoms with Crippen molar-refractivity contribution in [2.45, 2.75) is 6.92 Å². The fourth-order valence-electron chi connectivity index (χ4n) is 2.46. The van der Waals surface area contributed by atoms with Crippen molar-refractivity contribution in [3.63, 3.8) is 0 Å². The highest BCUT2D eigenvalue weighted by molar-refractivity contribution is 7.80. The molecule has 124 valence electrons. The predicted octanol–water partition coefficient (Wildman–Crippen LogP) is 3.47. The standard InChI is InChI=1S/C19H21N3OS/c1-15-7-9-17(10-8-15)20-18(16-5-3-2-4-6-16)21-19(24)22-11-13-23-14-12-22/h2-10H,11-14H2,1H3,(H,20,21,24). The van der Waals surface area contributed by atoms with E-state index in [0.717, 1.165) is 30.2 Å². The lowest BCUT2D eigenvalue weighted by molar-refractivity contribution is 0.0686. The maximum absolute atomic E-state index is 5.53. The quantitative estimate of drug-likeness (QED) is 0.516. The van der Waals surface area contributed by atoms with Crippen LogP contribution in [-0.2, 0) is 4.74 Å². The average Bonchev–Trinajstić information content (AvgIpc) is 2.64. The van der Waals surface area contributed by atoms with Gasteiger partial charge in [0.2, 0.25) is 0 Å². The fourth-order valence-corrected chi connectivity index (χ4v) is 2.73. The Morgan fingerprint density at radius 1 is 1.04 bits per heavy atom. The third-order valence-electron chi connectivity index (χ3n) is 3.85. The van der Waals surface area contributed by atoms with Gasteiger partial charge >= 0.3 is 0 Å². The number of morpholine rings is 1. The Hall–Kier alpha value is -2.24. The van der Waals surface area contributed by atoms with Crippen molar-refractivity contribution in [3.8, 4) is 0 Å². The number of ether oxygens (including phenoxy) is 1. The van der Waals surface area contributed by atoms with Crippen molar-refractivity contribution >= 4 is 28.9 Å². The van der Waals surface area contributed by atoms with E-state index in [1.54, 1.807) is 0 Å². The van der Waals surface area contributed by atoms with Gasteiger partial charge < -0.3 is 15.0 Å². The van der Waals surface area contributed by atoms with Gasteiger partial charge in [-0.3, -0.25) is 0 Å². The van der Waals surface area contributed by atoms with Crippen LogP contribution in [0.5, 0.6) is 0 Å². The lowest BCUT2D eigenvalue weighted by Gasteiger charge is -2.27. The number of benzene rings is 2. The van der Waals surface area contributed by atoms with Crippen LogP contribution in [0.4, 0.5) is 5.69 Å². The largest absolute Gasteiger partial charge is 0.378 e. The molecule has 0 aliphatic carbocycles.